The lowest BCUT2D eigenvalue weighted by Crippen LogP contribution is -2.08. The van der Waals surface area contributed by atoms with Gasteiger partial charge in [0.2, 0.25) is 0 Å². The quantitative estimate of drug-likeness (QED) is 0.708. The number of methoxy groups -OCH3 is 1. The van der Waals surface area contributed by atoms with E-state index in [9.17, 15) is 4.79 Å². The molecule has 0 fully saturated rings. The van der Waals surface area contributed by atoms with Crippen LogP contribution >= 0.6 is 12.4 Å². The van der Waals surface area contributed by atoms with E-state index < -0.39 is 5.97 Å². The number of ether oxygens (including phenoxy) is 1. The van der Waals surface area contributed by atoms with Crippen molar-refractivity contribution in [3.05, 3.63) is 18.2 Å². The van der Waals surface area contributed by atoms with Gasteiger partial charge in [0.25, 0.3) is 0 Å². The molecule has 0 saturated carbocycles. The van der Waals surface area contributed by atoms with Crippen LogP contribution in [0.3, 0.4) is 0 Å². The lowest BCUT2D eigenvalue weighted by atomic mass is 10.5. The van der Waals surface area contributed by atoms with E-state index in [1.807, 2.05) is 0 Å². The first-order valence-electron chi connectivity index (χ1n) is 3.58. The average molecular weight is 206 g/mol. The maximum atomic E-state index is 10.9. The van der Waals surface area contributed by atoms with Crippen LogP contribution in [0.4, 0.5) is 0 Å². The molecule has 0 amide bonds. The number of imidazole rings is 1. The topological polar surface area (TPSA) is 70.1 Å². The summed E-state index contributed by atoms with van der Waals surface area (Å²) in [6.07, 6.45) is 3.16. The van der Waals surface area contributed by atoms with Crippen LogP contribution in [0.25, 0.3) is 0 Å². The molecule has 0 bridgehead atoms. The maximum Gasteiger partial charge on any atom is 0.358 e. The summed E-state index contributed by atoms with van der Waals surface area (Å²) < 4.78 is 6.22. The molecule has 5 nitrogen and oxygen atoms in total. The Morgan fingerprint density at radius 3 is 3.00 bits per heavy atom. The SMILES string of the molecule is COC(=O)c1cn(CCN)cn1.Cl. The second-order valence-electron chi connectivity index (χ2n) is 2.28. The molecule has 1 heterocycles. The first-order chi connectivity index (χ1) is 5.77. The summed E-state index contributed by atoms with van der Waals surface area (Å²) in [6, 6.07) is 0. The number of nitrogens with two attached hydrogens (primary N) is 1. The number of carbonyl (C=O) groups excluding carboxylic acids is 1. The Morgan fingerprint density at radius 2 is 2.46 bits per heavy atom. The van der Waals surface area contributed by atoms with E-state index in [1.165, 1.54) is 7.11 Å². The molecular weight excluding hydrogens is 194 g/mol. The second kappa shape index (κ2) is 5.55. The van der Waals surface area contributed by atoms with Gasteiger partial charge in [-0.15, -0.1) is 12.4 Å². The van der Waals surface area contributed by atoms with E-state index in [0.29, 0.717) is 18.8 Å². The molecule has 13 heavy (non-hydrogen) atoms. The summed E-state index contributed by atoms with van der Waals surface area (Å²) in [5, 5.41) is 0. The standard InChI is InChI=1S/C7H11N3O2.ClH/c1-12-7(11)6-4-10(3-2-8)5-9-6;/h4-5H,2-3,8H2,1H3;1H. The molecule has 1 aromatic heterocycles. The number of hydrogen-bond acceptors (Lipinski definition) is 4. The fraction of sp³-hybridized carbons (Fsp3) is 0.429. The summed E-state index contributed by atoms with van der Waals surface area (Å²) in [7, 11) is 1.32. The zero-order valence-electron chi connectivity index (χ0n) is 7.27. The largest absolute Gasteiger partial charge is 0.464 e. The van der Waals surface area contributed by atoms with Crippen LogP contribution in [-0.4, -0.2) is 29.2 Å². The number of aromatic nitrogens is 2. The van der Waals surface area contributed by atoms with Crippen LogP contribution in [0.1, 0.15) is 10.5 Å². The molecule has 0 aliphatic heterocycles. The van der Waals surface area contributed by atoms with Crippen molar-refractivity contribution in [2.75, 3.05) is 13.7 Å². The first-order valence-corrected chi connectivity index (χ1v) is 3.58. The van der Waals surface area contributed by atoms with Crippen molar-refractivity contribution in [3.8, 4) is 0 Å². The van der Waals surface area contributed by atoms with E-state index >= 15 is 0 Å². The number of hydrogen-bond donors (Lipinski definition) is 1. The summed E-state index contributed by atoms with van der Waals surface area (Å²) >= 11 is 0. The Morgan fingerprint density at radius 1 is 1.77 bits per heavy atom. The van der Waals surface area contributed by atoms with Crippen molar-refractivity contribution in [1.82, 2.24) is 9.55 Å². The van der Waals surface area contributed by atoms with E-state index in [2.05, 4.69) is 9.72 Å². The molecule has 0 saturated heterocycles. The molecule has 0 aromatic carbocycles. The van der Waals surface area contributed by atoms with Gasteiger partial charge in [-0.3, -0.25) is 0 Å². The normalized spacial score (nSPS) is 9.08. The smallest absolute Gasteiger partial charge is 0.358 e. The van der Waals surface area contributed by atoms with E-state index in [4.69, 9.17) is 5.73 Å². The highest BCUT2D eigenvalue weighted by molar-refractivity contribution is 5.86. The minimum atomic E-state index is -0.425. The Bertz CT molecular complexity index is 274. The van der Waals surface area contributed by atoms with E-state index in [1.54, 1.807) is 17.1 Å². The third-order valence-electron chi connectivity index (χ3n) is 1.42. The zero-order valence-corrected chi connectivity index (χ0v) is 8.08. The molecule has 1 rings (SSSR count). The molecule has 1 aromatic rings. The fourth-order valence-electron chi connectivity index (χ4n) is 0.841. The number of carbonyl (C=O) groups is 1. The van der Waals surface area contributed by atoms with Gasteiger partial charge in [0.1, 0.15) is 0 Å². The highest BCUT2D eigenvalue weighted by Gasteiger charge is 2.07. The first kappa shape index (κ1) is 11.9. The third-order valence-corrected chi connectivity index (χ3v) is 1.42. The molecule has 0 aliphatic carbocycles. The lowest BCUT2D eigenvalue weighted by molar-refractivity contribution is 0.0594. The number of halogens is 1. The van der Waals surface area contributed by atoms with Gasteiger partial charge in [-0.2, -0.15) is 0 Å². The Hall–Kier alpha value is -1.07. The van der Waals surface area contributed by atoms with Crippen molar-refractivity contribution >= 4 is 18.4 Å². The van der Waals surface area contributed by atoms with Crippen LogP contribution in [0.15, 0.2) is 12.5 Å². The van der Waals surface area contributed by atoms with Gasteiger partial charge in [0, 0.05) is 19.3 Å². The monoisotopic (exact) mass is 205 g/mol. The van der Waals surface area contributed by atoms with Crippen LogP contribution in [0.2, 0.25) is 0 Å². The van der Waals surface area contributed by atoms with E-state index in [0.717, 1.165) is 0 Å². The predicted molar refractivity (Wildman–Crippen MR) is 49.9 cm³/mol. The molecule has 0 spiro atoms. The van der Waals surface area contributed by atoms with Crippen LogP contribution in [0.5, 0.6) is 0 Å². The number of esters is 1. The molecule has 6 heteroatoms. The summed E-state index contributed by atoms with van der Waals surface area (Å²) in [5.41, 5.74) is 5.62. The summed E-state index contributed by atoms with van der Waals surface area (Å²) in [5.74, 6) is -0.425. The van der Waals surface area contributed by atoms with Gasteiger partial charge in [-0.1, -0.05) is 0 Å². The molecule has 0 atom stereocenters. The zero-order chi connectivity index (χ0) is 8.97. The maximum absolute atomic E-state index is 10.9. The number of rotatable bonds is 3. The lowest BCUT2D eigenvalue weighted by Gasteiger charge is -1.95. The number of nitrogens with zero attached hydrogens (tertiary/aromatic N) is 2. The molecule has 0 aliphatic rings. The van der Waals surface area contributed by atoms with Gasteiger partial charge in [0.15, 0.2) is 5.69 Å². The summed E-state index contributed by atoms with van der Waals surface area (Å²) in [4.78, 5) is 14.7. The van der Waals surface area contributed by atoms with E-state index in [-0.39, 0.29) is 12.4 Å². The third kappa shape index (κ3) is 3.04. The van der Waals surface area contributed by atoms with Gasteiger partial charge < -0.3 is 15.0 Å². The minimum Gasteiger partial charge on any atom is -0.464 e. The molecular formula is C7H12ClN3O2. The van der Waals surface area contributed by atoms with Crippen molar-refractivity contribution in [2.45, 2.75) is 6.54 Å². The molecule has 74 valence electrons. The predicted octanol–water partition coefficient (Wildman–Crippen LogP) is 0.0502. The van der Waals surface area contributed by atoms with Gasteiger partial charge in [-0.05, 0) is 0 Å². The molecule has 0 unspecified atom stereocenters. The fourth-order valence-corrected chi connectivity index (χ4v) is 0.841. The van der Waals surface area contributed by atoms with Crippen molar-refractivity contribution in [3.63, 3.8) is 0 Å². The van der Waals surface area contributed by atoms with Crippen LogP contribution < -0.4 is 5.73 Å². The Labute approximate surface area is 82.3 Å². The Balaban J connectivity index is 0.00000144. The van der Waals surface area contributed by atoms with Gasteiger partial charge >= 0.3 is 5.97 Å². The van der Waals surface area contributed by atoms with Crippen molar-refractivity contribution in [1.29, 1.82) is 0 Å². The minimum absolute atomic E-state index is 0. The molecule has 0 radical (unpaired) electrons. The molecule has 2 N–H and O–H groups in total. The average Bonchev–Trinajstić information content (AvgIpc) is 2.52. The van der Waals surface area contributed by atoms with Gasteiger partial charge in [-0.25, -0.2) is 9.78 Å². The van der Waals surface area contributed by atoms with Gasteiger partial charge in [0.05, 0.1) is 13.4 Å². The highest BCUT2D eigenvalue weighted by atomic mass is 35.5. The van der Waals surface area contributed by atoms with Crippen LogP contribution in [0, 0.1) is 0 Å². The van der Waals surface area contributed by atoms with Crippen molar-refractivity contribution < 1.29 is 9.53 Å². The summed E-state index contributed by atoms with van der Waals surface area (Å²) in [6.45, 7) is 1.18. The second-order valence-corrected chi connectivity index (χ2v) is 2.28. The Kier molecular flexibility index (Phi) is 5.10. The van der Waals surface area contributed by atoms with Crippen LogP contribution in [-0.2, 0) is 11.3 Å². The highest BCUT2D eigenvalue weighted by Crippen LogP contribution is 1.97. The van der Waals surface area contributed by atoms with Crippen molar-refractivity contribution in [2.24, 2.45) is 5.73 Å².